The Labute approximate surface area is 128 Å². The predicted octanol–water partition coefficient (Wildman–Crippen LogP) is 2.78. The molecule has 0 spiro atoms. The first-order chi connectivity index (χ1) is 9.65. The van der Waals surface area contributed by atoms with Gasteiger partial charge in [0.2, 0.25) is 0 Å². The van der Waals surface area contributed by atoms with Gasteiger partial charge in [-0.15, -0.1) is 0 Å². The Kier molecular flexibility index (Phi) is 5.73. The molecule has 0 aliphatic carbocycles. The molecular formula is C15H20BrN3O. The summed E-state index contributed by atoms with van der Waals surface area (Å²) in [7, 11) is 0. The molecule has 4 nitrogen and oxygen atoms in total. The fourth-order valence-corrected chi connectivity index (χ4v) is 2.68. The van der Waals surface area contributed by atoms with E-state index in [-0.39, 0.29) is 5.91 Å². The molecule has 0 aromatic heterocycles. The highest BCUT2D eigenvalue weighted by atomic mass is 79.9. The number of carbonyl (C=O) groups excluding carboxylic acids is 1. The van der Waals surface area contributed by atoms with Crippen LogP contribution in [0.1, 0.15) is 31.7 Å². The van der Waals surface area contributed by atoms with Gasteiger partial charge in [0.05, 0.1) is 12.3 Å². The molecule has 1 N–H and O–H groups in total. The Hall–Kier alpha value is -1.20. The molecule has 20 heavy (non-hydrogen) atoms. The first kappa shape index (κ1) is 15.2. The van der Waals surface area contributed by atoms with Crippen LogP contribution in [0, 0.1) is 0 Å². The number of rotatable bonds is 4. The van der Waals surface area contributed by atoms with Gasteiger partial charge in [0, 0.05) is 4.47 Å². The lowest BCUT2D eigenvalue weighted by Gasteiger charge is -2.25. The minimum absolute atomic E-state index is 0.0405. The second-order valence-corrected chi connectivity index (χ2v) is 6.00. The number of nitrogens with zero attached hydrogens (tertiary/aromatic N) is 2. The molecule has 1 aliphatic rings. The molecule has 5 heteroatoms. The van der Waals surface area contributed by atoms with E-state index in [0.29, 0.717) is 6.54 Å². The summed E-state index contributed by atoms with van der Waals surface area (Å²) in [5.41, 5.74) is 4.44. The van der Waals surface area contributed by atoms with Crippen molar-refractivity contribution in [2.24, 2.45) is 5.10 Å². The molecule has 1 amide bonds. The molecule has 0 radical (unpaired) electrons. The van der Waals surface area contributed by atoms with Crippen molar-refractivity contribution in [2.75, 3.05) is 19.6 Å². The number of halogens is 1. The van der Waals surface area contributed by atoms with Crippen LogP contribution < -0.4 is 5.43 Å². The van der Waals surface area contributed by atoms with E-state index in [1.54, 1.807) is 0 Å². The normalized spacial score (nSPS) is 17.0. The number of nitrogens with one attached hydrogen (secondary N) is 1. The fourth-order valence-electron chi connectivity index (χ4n) is 2.28. The Balaban J connectivity index is 1.86. The van der Waals surface area contributed by atoms with Crippen molar-refractivity contribution in [1.29, 1.82) is 0 Å². The summed E-state index contributed by atoms with van der Waals surface area (Å²) < 4.78 is 1.00. The van der Waals surface area contributed by atoms with Crippen LogP contribution in [-0.2, 0) is 4.79 Å². The third-order valence-electron chi connectivity index (χ3n) is 3.41. The van der Waals surface area contributed by atoms with Crippen molar-refractivity contribution in [3.05, 3.63) is 34.3 Å². The van der Waals surface area contributed by atoms with Gasteiger partial charge in [0.15, 0.2) is 0 Å². The quantitative estimate of drug-likeness (QED) is 0.678. The Morgan fingerprint density at radius 2 is 2.10 bits per heavy atom. The van der Waals surface area contributed by atoms with E-state index < -0.39 is 0 Å². The zero-order chi connectivity index (χ0) is 14.4. The molecule has 1 aliphatic heterocycles. The van der Waals surface area contributed by atoms with Crippen molar-refractivity contribution in [1.82, 2.24) is 10.3 Å². The van der Waals surface area contributed by atoms with Crippen molar-refractivity contribution in [3.63, 3.8) is 0 Å². The summed E-state index contributed by atoms with van der Waals surface area (Å²) in [6, 6.07) is 7.87. The van der Waals surface area contributed by atoms with E-state index in [0.717, 1.165) is 28.8 Å². The number of amides is 1. The third kappa shape index (κ3) is 4.72. The van der Waals surface area contributed by atoms with Gasteiger partial charge in [-0.25, -0.2) is 5.43 Å². The zero-order valence-corrected chi connectivity index (χ0v) is 13.3. The van der Waals surface area contributed by atoms with E-state index >= 15 is 0 Å². The number of hydrogen-bond acceptors (Lipinski definition) is 3. The van der Waals surface area contributed by atoms with Gasteiger partial charge in [0.25, 0.3) is 5.91 Å². The summed E-state index contributed by atoms with van der Waals surface area (Å²) in [5, 5.41) is 4.17. The van der Waals surface area contributed by atoms with Crippen molar-refractivity contribution < 1.29 is 4.79 Å². The van der Waals surface area contributed by atoms with Crippen molar-refractivity contribution in [2.45, 2.75) is 26.2 Å². The summed E-state index contributed by atoms with van der Waals surface area (Å²) in [4.78, 5) is 14.0. The first-order valence-electron chi connectivity index (χ1n) is 6.96. The Morgan fingerprint density at radius 3 is 2.80 bits per heavy atom. The second kappa shape index (κ2) is 7.55. The first-order valence-corrected chi connectivity index (χ1v) is 7.76. The molecule has 0 unspecified atom stereocenters. The van der Waals surface area contributed by atoms with Crippen molar-refractivity contribution in [3.8, 4) is 0 Å². The van der Waals surface area contributed by atoms with Crippen molar-refractivity contribution >= 4 is 27.5 Å². The maximum atomic E-state index is 11.8. The summed E-state index contributed by atoms with van der Waals surface area (Å²) in [6.45, 7) is 4.36. The van der Waals surface area contributed by atoms with Crippen LogP contribution in [0.5, 0.6) is 0 Å². The second-order valence-electron chi connectivity index (χ2n) is 5.08. The minimum Gasteiger partial charge on any atom is -0.294 e. The van der Waals surface area contributed by atoms with Gasteiger partial charge in [-0.1, -0.05) is 34.5 Å². The van der Waals surface area contributed by atoms with E-state index in [1.807, 2.05) is 31.2 Å². The number of hydrogen-bond donors (Lipinski definition) is 1. The highest BCUT2D eigenvalue weighted by Crippen LogP contribution is 2.12. The topological polar surface area (TPSA) is 44.7 Å². The Morgan fingerprint density at radius 1 is 1.35 bits per heavy atom. The van der Waals surface area contributed by atoms with Gasteiger partial charge in [-0.05, 0) is 50.6 Å². The monoisotopic (exact) mass is 337 g/mol. The van der Waals surface area contributed by atoms with E-state index in [1.165, 1.54) is 19.3 Å². The summed E-state index contributed by atoms with van der Waals surface area (Å²) in [5.74, 6) is -0.0405. The van der Waals surface area contributed by atoms with Crippen LogP contribution in [0.3, 0.4) is 0 Å². The third-order valence-corrected chi connectivity index (χ3v) is 3.90. The van der Waals surface area contributed by atoms with Gasteiger partial charge < -0.3 is 0 Å². The summed E-state index contributed by atoms with van der Waals surface area (Å²) >= 11 is 3.43. The highest BCUT2D eigenvalue weighted by molar-refractivity contribution is 9.10. The molecule has 1 aromatic carbocycles. The summed E-state index contributed by atoms with van der Waals surface area (Å²) in [6.07, 6.45) is 3.65. The van der Waals surface area contributed by atoms with Gasteiger partial charge in [-0.2, -0.15) is 5.10 Å². The molecule has 108 valence electrons. The minimum atomic E-state index is -0.0405. The maximum absolute atomic E-state index is 11.8. The lowest BCUT2D eigenvalue weighted by molar-refractivity contribution is -0.122. The van der Waals surface area contributed by atoms with Crippen LogP contribution in [-0.4, -0.2) is 36.2 Å². The number of hydrazone groups is 1. The molecule has 0 saturated carbocycles. The number of benzene rings is 1. The van der Waals surface area contributed by atoms with Gasteiger partial charge in [-0.3, -0.25) is 9.69 Å². The molecule has 1 heterocycles. The molecule has 1 saturated heterocycles. The number of carbonyl (C=O) groups is 1. The maximum Gasteiger partial charge on any atom is 0.254 e. The molecule has 0 atom stereocenters. The van der Waals surface area contributed by atoms with Gasteiger partial charge >= 0.3 is 0 Å². The molecule has 1 aromatic rings. The van der Waals surface area contributed by atoms with E-state index in [4.69, 9.17) is 0 Å². The van der Waals surface area contributed by atoms with Crippen LogP contribution in [0.4, 0.5) is 0 Å². The predicted molar refractivity (Wildman–Crippen MR) is 84.8 cm³/mol. The number of piperidine rings is 1. The average Bonchev–Trinajstić information content (AvgIpc) is 2.46. The zero-order valence-electron chi connectivity index (χ0n) is 11.7. The fraction of sp³-hybridized carbons (Fsp3) is 0.467. The van der Waals surface area contributed by atoms with E-state index in [2.05, 4.69) is 31.4 Å². The van der Waals surface area contributed by atoms with E-state index in [9.17, 15) is 4.79 Å². The van der Waals surface area contributed by atoms with Crippen LogP contribution in [0.15, 0.2) is 33.8 Å². The lowest BCUT2D eigenvalue weighted by Crippen LogP contribution is -2.38. The van der Waals surface area contributed by atoms with Gasteiger partial charge in [0.1, 0.15) is 0 Å². The lowest BCUT2D eigenvalue weighted by atomic mass is 10.1. The molecule has 0 bridgehead atoms. The molecular weight excluding hydrogens is 318 g/mol. The standard InChI is InChI=1S/C15H20BrN3O/c1-12(13-6-5-7-14(16)10-13)17-18-15(20)11-19-8-3-2-4-9-19/h5-7,10H,2-4,8-9,11H2,1H3,(H,18,20)/b17-12+. The van der Waals surface area contributed by atoms with Crippen LogP contribution in [0.2, 0.25) is 0 Å². The van der Waals surface area contributed by atoms with Crippen LogP contribution in [0.25, 0.3) is 0 Å². The largest absolute Gasteiger partial charge is 0.294 e. The molecule has 1 fully saturated rings. The molecule has 2 rings (SSSR count). The highest BCUT2D eigenvalue weighted by Gasteiger charge is 2.13. The smallest absolute Gasteiger partial charge is 0.254 e. The number of likely N-dealkylation sites (tertiary alicyclic amines) is 1. The SMILES string of the molecule is C/C(=N\NC(=O)CN1CCCCC1)c1cccc(Br)c1. The van der Waals surface area contributed by atoms with Crippen LogP contribution >= 0.6 is 15.9 Å². The Bertz CT molecular complexity index is 496. The average molecular weight is 338 g/mol.